The van der Waals surface area contributed by atoms with Gasteiger partial charge in [0.1, 0.15) is 5.69 Å². The topological polar surface area (TPSA) is 36.4 Å². The van der Waals surface area contributed by atoms with E-state index >= 15 is 0 Å². The van der Waals surface area contributed by atoms with Crippen molar-refractivity contribution in [2.75, 3.05) is 19.6 Å². The Balaban J connectivity index is 1.36. The fourth-order valence-corrected chi connectivity index (χ4v) is 4.04. The zero-order valence-electron chi connectivity index (χ0n) is 14.2. The summed E-state index contributed by atoms with van der Waals surface area (Å²) in [5.41, 5.74) is 3.42. The standard InChI is InChI=1S/C20H22ClN3O/c21-17-5-6-19(22-13-17)20(25)23-11-8-18(9-12-23)24-10-7-15-3-1-2-4-16(15)14-24/h1-6,13,18H,7-12,14H2. The molecule has 1 saturated heterocycles. The van der Waals surface area contributed by atoms with E-state index in [-0.39, 0.29) is 5.91 Å². The quantitative estimate of drug-likeness (QED) is 0.828. The molecular formula is C20H22ClN3O. The molecule has 0 bridgehead atoms. The third-order valence-electron chi connectivity index (χ3n) is 5.37. The van der Waals surface area contributed by atoms with Crippen molar-refractivity contribution in [1.82, 2.24) is 14.8 Å². The lowest BCUT2D eigenvalue weighted by molar-refractivity contribution is 0.0594. The summed E-state index contributed by atoms with van der Waals surface area (Å²) in [5, 5.41) is 0.556. The van der Waals surface area contributed by atoms with E-state index in [1.165, 1.54) is 17.3 Å². The second-order valence-corrected chi connectivity index (χ2v) is 7.31. The molecule has 1 aromatic carbocycles. The van der Waals surface area contributed by atoms with Crippen molar-refractivity contribution in [2.24, 2.45) is 0 Å². The molecule has 5 heteroatoms. The smallest absolute Gasteiger partial charge is 0.272 e. The number of halogens is 1. The van der Waals surface area contributed by atoms with E-state index in [4.69, 9.17) is 11.6 Å². The lowest BCUT2D eigenvalue weighted by Gasteiger charge is -2.40. The van der Waals surface area contributed by atoms with Crippen molar-refractivity contribution in [3.05, 3.63) is 64.4 Å². The molecule has 0 aliphatic carbocycles. The maximum atomic E-state index is 12.6. The lowest BCUT2D eigenvalue weighted by atomic mass is 9.95. The number of piperidine rings is 1. The van der Waals surface area contributed by atoms with E-state index in [1.807, 2.05) is 4.90 Å². The molecule has 4 rings (SSSR count). The number of likely N-dealkylation sites (tertiary alicyclic amines) is 1. The molecule has 2 aromatic rings. The zero-order valence-corrected chi connectivity index (χ0v) is 15.0. The molecule has 1 amide bonds. The minimum absolute atomic E-state index is 0.0131. The molecule has 1 aromatic heterocycles. The van der Waals surface area contributed by atoms with Crippen LogP contribution in [0.5, 0.6) is 0 Å². The van der Waals surface area contributed by atoms with Crippen LogP contribution in [0.2, 0.25) is 5.02 Å². The maximum Gasteiger partial charge on any atom is 0.272 e. The van der Waals surface area contributed by atoms with Crippen molar-refractivity contribution in [1.29, 1.82) is 0 Å². The van der Waals surface area contributed by atoms with E-state index in [0.29, 0.717) is 16.8 Å². The molecule has 1 fully saturated rings. The fourth-order valence-electron chi connectivity index (χ4n) is 3.93. The summed E-state index contributed by atoms with van der Waals surface area (Å²) in [6.45, 7) is 3.75. The molecule has 25 heavy (non-hydrogen) atoms. The van der Waals surface area contributed by atoms with E-state index < -0.39 is 0 Å². The molecule has 0 spiro atoms. The summed E-state index contributed by atoms with van der Waals surface area (Å²) < 4.78 is 0. The second-order valence-electron chi connectivity index (χ2n) is 6.87. The Morgan fingerprint density at radius 3 is 2.52 bits per heavy atom. The monoisotopic (exact) mass is 355 g/mol. The van der Waals surface area contributed by atoms with Gasteiger partial charge in [0.15, 0.2) is 0 Å². The molecule has 0 saturated carbocycles. The summed E-state index contributed by atoms with van der Waals surface area (Å²) in [7, 11) is 0. The number of amides is 1. The Bertz CT molecular complexity index is 754. The van der Waals surface area contributed by atoms with Gasteiger partial charge >= 0.3 is 0 Å². The minimum Gasteiger partial charge on any atom is -0.337 e. The van der Waals surface area contributed by atoms with Gasteiger partial charge in [-0.2, -0.15) is 0 Å². The fraction of sp³-hybridized carbons (Fsp3) is 0.400. The predicted molar refractivity (Wildman–Crippen MR) is 98.7 cm³/mol. The van der Waals surface area contributed by atoms with Gasteiger partial charge in [-0.05, 0) is 42.5 Å². The molecule has 2 aliphatic rings. The van der Waals surface area contributed by atoms with Gasteiger partial charge in [0.25, 0.3) is 5.91 Å². The summed E-state index contributed by atoms with van der Waals surface area (Å²) in [4.78, 5) is 21.2. The van der Waals surface area contributed by atoms with Crippen LogP contribution in [0, 0.1) is 0 Å². The maximum absolute atomic E-state index is 12.6. The third-order valence-corrected chi connectivity index (χ3v) is 5.60. The van der Waals surface area contributed by atoms with Crippen LogP contribution in [-0.4, -0.2) is 46.4 Å². The molecule has 4 nitrogen and oxygen atoms in total. The van der Waals surface area contributed by atoms with Gasteiger partial charge in [0.05, 0.1) is 5.02 Å². The number of nitrogens with zero attached hydrogens (tertiary/aromatic N) is 3. The normalized spacial score (nSPS) is 18.8. The van der Waals surface area contributed by atoms with Gasteiger partial charge in [-0.25, -0.2) is 4.98 Å². The van der Waals surface area contributed by atoms with E-state index in [2.05, 4.69) is 34.1 Å². The number of aromatic nitrogens is 1. The van der Waals surface area contributed by atoms with Crippen LogP contribution >= 0.6 is 11.6 Å². The Hall–Kier alpha value is -1.91. The van der Waals surface area contributed by atoms with Crippen LogP contribution in [0.4, 0.5) is 0 Å². The minimum atomic E-state index is 0.0131. The van der Waals surface area contributed by atoms with Crippen molar-refractivity contribution in [3.63, 3.8) is 0 Å². The molecule has 0 unspecified atom stereocenters. The van der Waals surface area contributed by atoms with Gasteiger partial charge in [0.2, 0.25) is 0 Å². The van der Waals surface area contributed by atoms with Gasteiger partial charge < -0.3 is 4.90 Å². The van der Waals surface area contributed by atoms with Crippen molar-refractivity contribution in [3.8, 4) is 0 Å². The highest BCUT2D eigenvalue weighted by atomic mass is 35.5. The largest absolute Gasteiger partial charge is 0.337 e. The second kappa shape index (κ2) is 7.14. The summed E-state index contributed by atoms with van der Waals surface area (Å²) >= 11 is 5.85. The van der Waals surface area contributed by atoms with Crippen molar-refractivity contribution < 1.29 is 4.79 Å². The van der Waals surface area contributed by atoms with Crippen LogP contribution in [0.3, 0.4) is 0 Å². The van der Waals surface area contributed by atoms with Crippen LogP contribution in [-0.2, 0) is 13.0 Å². The number of benzene rings is 1. The van der Waals surface area contributed by atoms with Gasteiger partial charge in [-0.1, -0.05) is 35.9 Å². The number of pyridine rings is 1. The average molecular weight is 356 g/mol. The van der Waals surface area contributed by atoms with Crippen molar-refractivity contribution in [2.45, 2.75) is 31.8 Å². The molecular weight excluding hydrogens is 334 g/mol. The first-order valence-corrected chi connectivity index (χ1v) is 9.30. The summed E-state index contributed by atoms with van der Waals surface area (Å²) in [6.07, 6.45) is 4.72. The number of carbonyl (C=O) groups is 1. The first-order chi connectivity index (χ1) is 12.2. The Morgan fingerprint density at radius 1 is 1.04 bits per heavy atom. The highest BCUT2D eigenvalue weighted by Crippen LogP contribution is 2.25. The zero-order chi connectivity index (χ0) is 17.2. The molecule has 0 N–H and O–H groups in total. The summed E-state index contributed by atoms with van der Waals surface area (Å²) in [6, 6.07) is 12.7. The molecule has 130 valence electrons. The first-order valence-electron chi connectivity index (χ1n) is 8.92. The third kappa shape index (κ3) is 3.55. The first kappa shape index (κ1) is 16.6. The Kier molecular flexibility index (Phi) is 4.73. The number of hydrogen-bond acceptors (Lipinski definition) is 3. The number of rotatable bonds is 2. The van der Waals surface area contributed by atoms with Gasteiger partial charge in [0, 0.05) is 38.4 Å². The lowest BCUT2D eigenvalue weighted by Crippen LogP contribution is -2.48. The number of carbonyl (C=O) groups excluding carboxylic acids is 1. The Morgan fingerprint density at radius 2 is 1.80 bits per heavy atom. The molecule has 0 radical (unpaired) electrons. The van der Waals surface area contributed by atoms with Crippen LogP contribution in [0.1, 0.15) is 34.5 Å². The molecule has 0 atom stereocenters. The average Bonchev–Trinajstić information content (AvgIpc) is 2.68. The van der Waals surface area contributed by atoms with Crippen LogP contribution in [0.25, 0.3) is 0 Å². The van der Waals surface area contributed by atoms with Gasteiger partial charge in [-0.3, -0.25) is 9.69 Å². The van der Waals surface area contributed by atoms with E-state index in [9.17, 15) is 4.79 Å². The molecule has 3 heterocycles. The van der Waals surface area contributed by atoms with Crippen molar-refractivity contribution >= 4 is 17.5 Å². The number of hydrogen-bond donors (Lipinski definition) is 0. The summed E-state index contributed by atoms with van der Waals surface area (Å²) in [5.74, 6) is 0.0131. The van der Waals surface area contributed by atoms with E-state index in [1.54, 1.807) is 12.1 Å². The van der Waals surface area contributed by atoms with Crippen LogP contribution < -0.4 is 0 Å². The number of fused-ring (bicyclic) bond motifs is 1. The molecule has 2 aliphatic heterocycles. The van der Waals surface area contributed by atoms with Gasteiger partial charge in [-0.15, -0.1) is 0 Å². The highest BCUT2D eigenvalue weighted by molar-refractivity contribution is 6.30. The predicted octanol–water partition coefficient (Wildman–Crippen LogP) is 3.40. The highest BCUT2D eigenvalue weighted by Gasteiger charge is 2.29. The van der Waals surface area contributed by atoms with E-state index in [0.717, 1.165) is 45.4 Å². The SMILES string of the molecule is O=C(c1ccc(Cl)cn1)N1CCC(N2CCc3ccccc3C2)CC1. The Labute approximate surface area is 153 Å². The van der Waals surface area contributed by atoms with Crippen LogP contribution in [0.15, 0.2) is 42.6 Å².